The molecule has 0 amide bonds. The van der Waals surface area contributed by atoms with Gasteiger partial charge >= 0.3 is 0 Å². The minimum Gasteiger partial charge on any atom is -0.396 e. The fourth-order valence-corrected chi connectivity index (χ4v) is 4.05. The minimum atomic E-state index is -2.84. The topological polar surface area (TPSA) is 85.1 Å². The van der Waals surface area contributed by atoms with Crippen molar-refractivity contribution in [3.63, 3.8) is 0 Å². The number of fused-ring (bicyclic) bond motifs is 1. The number of nitrogen functional groups attached to an aromatic ring is 1. The Morgan fingerprint density at radius 1 is 1.20 bits per heavy atom. The Labute approximate surface area is 118 Å². The maximum absolute atomic E-state index is 11.5. The van der Waals surface area contributed by atoms with Crippen LogP contribution in [-0.2, 0) is 9.84 Å². The molecule has 0 atom stereocenters. The van der Waals surface area contributed by atoms with Gasteiger partial charge < -0.3 is 11.1 Å². The van der Waals surface area contributed by atoms with Crippen LogP contribution < -0.4 is 11.1 Å². The highest BCUT2D eigenvalue weighted by molar-refractivity contribution is 7.91. The molecular formula is C14H17N3O2S. The number of benzene rings is 1. The number of nitrogens with two attached hydrogens (primary N) is 1. The monoisotopic (exact) mass is 291 g/mol. The predicted octanol–water partition coefficient (Wildman–Crippen LogP) is 1.81. The number of para-hydroxylation sites is 1. The molecule has 5 nitrogen and oxygen atoms in total. The standard InChI is InChI=1S/C14H17N3O2S/c15-12-9-16-13-4-2-1-3-11(13)14(12)17-10-5-7-20(18,19)8-6-10/h1-4,9-10H,5-8,15H2,(H,16,17). The lowest BCUT2D eigenvalue weighted by atomic mass is 10.1. The second-order valence-electron chi connectivity index (χ2n) is 5.18. The van der Waals surface area contributed by atoms with Crippen LogP contribution in [0, 0.1) is 0 Å². The van der Waals surface area contributed by atoms with Crippen molar-refractivity contribution >= 4 is 32.1 Å². The number of hydrogen-bond donors (Lipinski definition) is 2. The number of rotatable bonds is 2. The summed E-state index contributed by atoms with van der Waals surface area (Å²) in [5.74, 6) is 0.487. The largest absolute Gasteiger partial charge is 0.396 e. The van der Waals surface area contributed by atoms with Crippen molar-refractivity contribution < 1.29 is 8.42 Å². The van der Waals surface area contributed by atoms with Crippen molar-refractivity contribution in [1.29, 1.82) is 0 Å². The van der Waals surface area contributed by atoms with Crippen molar-refractivity contribution in [2.45, 2.75) is 18.9 Å². The van der Waals surface area contributed by atoms with Gasteiger partial charge in [-0.05, 0) is 18.9 Å². The third-order valence-electron chi connectivity index (χ3n) is 3.71. The van der Waals surface area contributed by atoms with Crippen LogP contribution in [0.2, 0.25) is 0 Å². The Balaban J connectivity index is 1.89. The Bertz CT molecular complexity index is 729. The number of nitrogens with one attached hydrogen (secondary N) is 1. The van der Waals surface area contributed by atoms with E-state index in [0.29, 0.717) is 18.5 Å². The maximum atomic E-state index is 11.5. The number of anilines is 2. The molecule has 1 aromatic heterocycles. The Kier molecular flexibility index (Phi) is 3.25. The van der Waals surface area contributed by atoms with Crippen LogP contribution in [0.15, 0.2) is 30.5 Å². The summed E-state index contributed by atoms with van der Waals surface area (Å²) in [7, 11) is -2.84. The van der Waals surface area contributed by atoms with E-state index >= 15 is 0 Å². The van der Waals surface area contributed by atoms with Crippen molar-refractivity contribution in [3.8, 4) is 0 Å². The summed E-state index contributed by atoms with van der Waals surface area (Å²) in [6, 6.07) is 7.93. The summed E-state index contributed by atoms with van der Waals surface area (Å²) in [4.78, 5) is 4.30. The summed E-state index contributed by atoms with van der Waals surface area (Å²) in [5, 5.41) is 4.37. The van der Waals surface area contributed by atoms with E-state index in [-0.39, 0.29) is 17.5 Å². The van der Waals surface area contributed by atoms with Gasteiger partial charge in [-0.25, -0.2) is 8.42 Å². The molecule has 1 fully saturated rings. The van der Waals surface area contributed by atoms with Gasteiger partial charge in [-0.1, -0.05) is 18.2 Å². The molecule has 0 spiro atoms. The molecule has 20 heavy (non-hydrogen) atoms. The SMILES string of the molecule is Nc1cnc2ccccc2c1NC1CCS(=O)(=O)CC1. The zero-order valence-electron chi connectivity index (χ0n) is 11.0. The fraction of sp³-hybridized carbons (Fsp3) is 0.357. The number of nitrogens with zero attached hydrogens (tertiary/aromatic N) is 1. The lowest BCUT2D eigenvalue weighted by Gasteiger charge is -2.25. The quantitative estimate of drug-likeness (QED) is 0.881. The fourth-order valence-electron chi connectivity index (χ4n) is 2.56. The van der Waals surface area contributed by atoms with Gasteiger partial charge in [-0.15, -0.1) is 0 Å². The van der Waals surface area contributed by atoms with E-state index in [1.54, 1.807) is 6.20 Å². The molecule has 0 radical (unpaired) electrons. The Morgan fingerprint density at radius 3 is 2.65 bits per heavy atom. The van der Waals surface area contributed by atoms with E-state index in [9.17, 15) is 8.42 Å². The van der Waals surface area contributed by atoms with Gasteiger partial charge in [0.15, 0.2) is 0 Å². The van der Waals surface area contributed by atoms with Gasteiger partial charge in [-0.3, -0.25) is 4.98 Å². The summed E-state index contributed by atoms with van der Waals surface area (Å²) in [6.45, 7) is 0. The average Bonchev–Trinajstić information content (AvgIpc) is 2.44. The van der Waals surface area contributed by atoms with E-state index in [1.165, 1.54) is 0 Å². The molecule has 0 saturated carbocycles. The van der Waals surface area contributed by atoms with Gasteiger partial charge in [0, 0.05) is 11.4 Å². The molecule has 0 bridgehead atoms. The van der Waals surface area contributed by atoms with Crippen LogP contribution in [0.3, 0.4) is 0 Å². The average molecular weight is 291 g/mol. The predicted molar refractivity (Wildman–Crippen MR) is 81.5 cm³/mol. The second-order valence-corrected chi connectivity index (χ2v) is 7.48. The van der Waals surface area contributed by atoms with E-state index < -0.39 is 9.84 Å². The van der Waals surface area contributed by atoms with E-state index in [1.807, 2.05) is 24.3 Å². The molecule has 6 heteroatoms. The highest BCUT2D eigenvalue weighted by Gasteiger charge is 2.24. The number of hydrogen-bond acceptors (Lipinski definition) is 5. The molecule has 3 N–H and O–H groups in total. The highest BCUT2D eigenvalue weighted by atomic mass is 32.2. The first-order chi connectivity index (χ1) is 9.55. The molecule has 0 unspecified atom stereocenters. The molecule has 2 aromatic rings. The molecule has 1 saturated heterocycles. The summed E-state index contributed by atoms with van der Waals surface area (Å²) >= 11 is 0. The first-order valence-electron chi connectivity index (χ1n) is 6.65. The lowest BCUT2D eigenvalue weighted by Crippen LogP contribution is -2.32. The van der Waals surface area contributed by atoms with E-state index in [0.717, 1.165) is 16.6 Å². The molecular weight excluding hydrogens is 274 g/mol. The van der Waals surface area contributed by atoms with Crippen LogP contribution >= 0.6 is 0 Å². The van der Waals surface area contributed by atoms with Gasteiger partial charge in [0.25, 0.3) is 0 Å². The van der Waals surface area contributed by atoms with Gasteiger partial charge in [0.2, 0.25) is 0 Å². The first-order valence-corrected chi connectivity index (χ1v) is 8.47. The van der Waals surface area contributed by atoms with Gasteiger partial charge in [0.05, 0.1) is 34.6 Å². The highest BCUT2D eigenvalue weighted by Crippen LogP contribution is 2.29. The normalized spacial score (nSPS) is 19.0. The Hall–Kier alpha value is -1.82. The van der Waals surface area contributed by atoms with Crippen LogP contribution in [0.1, 0.15) is 12.8 Å². The summed E-state index contributed by atoms with van der Waals surface area (Å²) in [6.07, 6.45) is 2.89. The second kappa shape index (κ2) is 4.94. The van der Waals surface area contributed by atoms with E-state index in [2.05, 4.69) is 10.3 Å². The van der Waals surface area contributed by atoms with Crippen LogP contribution in [0.25, 0.3) is 10.9 Å². The smallest absolute Gasteiger partial charge is 0.150 e. The molecule has 1 aromatic carbocycles. The van der Waals surface area contributed by atoms with Crippen molar-refractivity contribution in [2.24, 2.45) is 0 Å². The zero-order valence-corrected chi connectivity index (χ0v) is 11.9. The molecule has 1 aliphatic rings. The van der Waals surface area contributed by atoms with Crippen molar-refractivity contribution in [1.82, 2.24) is 4.98 Å². The number of aromatic nitrogens is 1. The van der Waals surface area contributed by atoms with Crippen LogP contribution in [0.5, 0.6) is 0 Å². The summed E-state index contributed by atoms with van der Waals surface area (Å²) < 4.78 is 22.9. The van der Waals surface area contributed by atoms with Gasteiger partial charge in [0.1, 0.15) is 9.84 Å². The van der Waals surface area contributed by atoms with E-state index in [4.69, 9.17) is 5.73 Å². The van der Waals surface area contributed by atoms with Crippen molar-refractivity contribution in [2.75, 3.05) is 22.6 Å². The molecule has 106 valence electrons. The number of pyridine rings is 1. The third-order valence-corrected chi connectivity index (χ3v) is 5.42. The van der Waals surface area contributed by atoms with Crippen molar-refractivity contribution in [3.05, 3.63) is 30.5 Å². The third kappa shape index (κ3) is 2.56. The van der Waals surface area contributed by atoms with Gasteiger partial charge in [-0.2, -0.15) is 0 Å². The molecule has 3 rings (SSSR count). The zero-order chi connectivity index (χ0) is 14.2. The maximum Gasteiger partial charge on any atom is 0.150 e. The molecule has 2 heterocycles. The minimum absolute atomic E-state index is 0.145. The first kappa shape index (κ1) is 13.2. The van der Waals surface area contributed by atoms with Crippen LogP contribution in [-0.4, -0.2) is 30.9 Å². The lowest BCUT2D eigenvalue weighted by molar-refractivity contribution is 0.560. The summed E-state index contributed by atoms with van der Waals surface area (Å²) in [5.41, 5.74) is 8.35. The molecule has 1 aliphatic heterocycles. The number of sulfone groups is 1. The Morgan fingerprint density at radius 2 is 1.90 bits per heavy atom. The molecule has 0 aliphatic carbocycles. The van der Waals surface area contributed by atoms with Crippen LogP contribution in [0.4, 0.5) is 11.4 Å².